The van der Waals surface area contributed by atoms with Crippen molar-refractivity contribution in [3.63, 3.8) is 0 Å². The van der Waals surface area contributed by atoms with Gasteiger partial charge in [-0.05, 0) is 60.3 Å². The normalized spacial score (nSPS) is 19.2. The Bertz CT molecular complexity index is 453. The number of rotatable bonds is 6. The van der Waals surface area contributed by atoms with Gasteiger partial charge in [-0.2, -0.15) is 0 Å². The summed E-state index contributed by atoms with van der Waals surface area (Å²) in [6, 6.07) is 8.06. The molecule has 0 radical (unpaired) electrons. The maximum Gasteiger partial charge on any atom is 0.238 e. The number of aliphatic hydroxyl groups is 1. The van der Waals surface area contributed by atoms with Crippen molar-refractivity contribution >= 4 is 27.5 Å². The zero-order valence-corrected chi connectivity index (χ0v) is 13.1. The number of hydrogen-bond donors (Lipinski definition) is 2. The van der Waals surface area contributed by atoms with Crippen molar-refractivity contribution in [1.29, 1.82) is 0 Å². The van der Waals surface area contributed by atoms with Crippen LogP contribution in [0.4, 0.5) is 5.69 Å². The van der Waals surface area contributed by atoms with E-state index in [1.165, 1.54) is 0 Å². The highest BCUT2D eigenvalue weighted by molar-refractivity contribution is 9.10. The second-order valence-corrected chi connectivity index (χ2v) is 6.01. The third kappa shape index (κ3) is 4.30. The van der Waals surface area contributed by atoms with E-state index >= 15 is 0 Å². The average Bonchev–Trinajstić information content (AvgIpc) is 2.86. The van der Waals surface area contributed by atoms with Crippen LogP contribution in [0.15, 0.2) is 28.7 Å². The highest BCUT2D eigenvalue weighted by atomic mass is 79.9. The number of carbonyl (C=O) groups excluding carboxylic acids is 1. The Morgan fingerprint density at radius 1 is 1.45 bits per heavy atom. The molecule has 2 rings (SSSR count). The van der Waals surface area contributed by atoms with E-state index in [0.717, 1.165) is 42.4 Å². The van der Waals surface area contributed by atoms with E-state index in [1.54, 1.807) is 0 Å². The van der Waals surface area contributed by atoms with Gasteiger partial charge >= 0.3 is 0 Å². The molecule has 0 aromatic heterocycles. The number of para-hydroxylation sites is 1. The van der Waals surface area contributed by atoms with E-state index < -0.39 is 0 Å². The summed E-state index contributed by atoms with van der Waals surface area (Å²) in [4.78, 5) is 14.3. The van der Waals surface area contributed by atoms with Crippen molar-refractivity contribution in [1.82, 2.24) is 4.90 Å². The Hall–Kier alpha value is -0.910. The van der Waals surface area contributed by atoms with Gasteiger partial charge in [0.1, 0.15) is 0 Å². The first kappa shape index (κ1) is 15.5. The first-order valence-electron chi connectivity index (χ1n) is 7.10. The first-order chi connectivity index (χ1) is 9.70. The number of benzene rings is 1. The minimum atomic E-state index is 0.0211. The molecule has 1 aliphatic rings. The second-order valence-electron chi connectivity index (χ2n) is 5.16. The summed E-state index contributed by atoms with van der Waals surface area (Å²) in [5.41, 5.74) is 0.809. The Morgan fingerprint density at radius 3 is 3.00 bits per heavy atom. The van der Waals surface area contributed by atoms with Gasteiger partial charge in [0.25, 0.3) is 0 Å². The number of aliphatic hydroxyl groups excluding tert-OH is 1. The number of nitrogens with zero attached hydrogens (tertiary/aromatic N) is 1. The summed E-state index contributed by atoms with van der Waals surface area (Å²) in [5, 5.41) is 11.9. The standard InChI is InChI=1S/C15H21BrN2O2/c16-13-7-1-2-8-14(13)17-15(20)11-18-9-3-5-12(18)6-4-10-19/h1-2,7-8,12,19H,3-6,9-11H2,(H,17,20). The smallest absolute Gasteiger partial charge is 0.238 e. The molecular formula is C15H21BrN2O2. The zero-order chi connectivity index (χ0) is 14.4. The summed E-state index contributed by atoms with van der Waals surface area (Å²) in [7, 11) is 0. The molecule has 110 valence electrons. The molecule has 5 heteroatoms. The van der Waals surface area contributed by atoms with E-state index in [4.69, 9.17) is 5.11 Å². The summed E-state index contributed by atoms with van der Waals surface area (Å²) in [5.74, 6) is 0.0211. The summed E-state index contributed by atoms with van der Waals surface area (Å²) >= 11 is 3.43. The molecule has 0 aliphatic carbocycles. The fourth-order valence-corrected chi connectivity index (χ4v) is 3.08. The predicted octanol–water partition coefficient (Wildman–Crippen LogP) is 2.62. The van der Waals surface area contributed by atoms with E-state index in [1.807, 2.05) is 24.3 Å². The number of anilines is 1. The molecule has 0 bridgehead atoms. The van der Waals surface area contributed by atoms with Gasteiger partial charge in [-0.1, -0.05) is 12.1 Å². The van der Waals surface area contributed by atoms with Crippen molar-refractivity contribution in [2.45, 2.75) is 31.7 Å². The van der Waals surface area contributed by atoms with Crippen molar-refractivity contribution in [2.75, 3.05) is 25.0 Å². The Morgan fingerprint density at radius 2 is 2.25 bits per heavy atom. The summed E-state index contributed by atoms with van der Waals surface area (Å²) < 4.78 is 0.895. The van der Waals surface area contributed by atoms with Gasteiger partial charge in [0, 0.05) is 17.1 Å². The van der Waals surface area contributed by atoms with Crippen molar-refractivity contribution in [2.24, 2.45) is 0 Å². The molecule has 1 atom stereocenters. The number of likely N-dealkylation sites (tertiary alicyclic amines) is 1. The molecule has 1 unspecified atom stereocenters. The van der Waals surface area contributed by atoms with E-state index in [2.05, 4.69) is 26.1 Å². The van der Waals surface area contributed by atoms with Crippen LogP contribution in [0.5, 0.6) is 0 Å². The zero-order valence-electron chi connectivity index (χ0n) is 11.5. The maximum atomic E-state index is 12.1. The Balaban J connectivity index is 1.86. The number of hydrogen-bond acceptors (Lipinski definition) is 3. The third-order valence-corrected chi connectivity index (χ3v) is 4.38. The van der Waals surface area contributed by atoms with Gasteiger partial charge in [-0.15, -0.1) is 0 Å². The van der Waals surface area contributed by atoms with Crippen LogP contribution in [0.25, 0.3) is 0 Å². The van der Waals surface area contributed by atoms with Gasteiger partial charge in [-0.3, -0.25) is 9.69 Å². The van der Waals surface area contributed by atoms with Crippen molar-refractivity contribution < 1.29 is 9.90 Å². The van der Waals surface area contributed by atoms with Crippen LogP contribution < -0.4 is 5.32 Å². The molecule has 1 aliphatic heterocycles. The van der Waals surface area contributed by atoms with Crippen LogP contribution >= 0.6 is 15.9 Å². The quantitative estimate of drug-likeness (QED) is 0.836. The lowest BCUT2D eigenvalue weighted by molar-refractivity contribution is -0.117. The number of amides is 1. The Labute approximate surface area is 128 Å². The molecule has 1 aromatic carbocycles. The van der Waals surface area contributed by atoms with Crippen LogP contribution in [0, 0.1) is 0 Å². The summed E-state index contributed by atoms with van der Waals surface area (Å²) in [6.07, 6.45) is 4.05. The predicted molar refractivity (Wildman–Crippen MR) is 83.7 cm³/mol. The largest absolute Gasteiger partial charge is 0.396 e. The lowest BCUT2D eigenvalue weighted by Gasteiger charge is -2.23. The monoisotopic (exact) mass is 340 g/mol. The molecule has 0 saturated carbocycles. The fraction of sp³-hybridized carbons (Fsp3) is 0.533. The van der Waals surface area contributed by atoms with Crippen molar-refractivity contribution in [3.8, 4) is 0 Å². The maximum absolute atomic E-state index is 12.1. The topological polar surface area (TPSA) is 52.6 Å². The number of carbonyl (C=O) groups is 1. The SMILES string of the molecule is O=C(CN1CCCC1CCCO)Nc1ccccc1Br. The molecule has 1 heterocycles. The molecule has 20 heavy (non-hydrogen) atoms. The van der Waals surface area contributed by atoms with E-state index in [9.17, 15) is 4.79 Å². The minimum absolute atomic E-state index is 0.0211. The van der Waals surface area contributed by atoms with Gasteiger partial charge in [0.2, 0.25) is 5.91 Å². The minimum Gasteiger partial charge on any atom is -0.396 e. The van der Waals surface area contributed by atoms with Gasteiger partial charge < -0.3 is 10.4 Å². The molecule has 1 amide bonds. The lowest BCUT2D eigenvalue weighted by Crippen LogP contribution is -2.36. The van der Waals surface area contributed by atoms with E-state index in [-0.39, 0.29) is 12.5 Å². The average molecular weight is 341 g/mol. The Kier molecular flexibility index (Phi) is 6.01. The molecule has 4 nitrogen and oxygen atoms in total. The van der Waals surface area contributed by atoms with Gasteiger partial charge in [-0.25, -0.2) is 0 Å². The lowest BCUT2D eigenvalue weighted by atomic mass is 10.1. The highest BCUT2D eigenvalue weighted by Crippen LogP contribution is 2.23. The second kappa shape index (κ2) is 7.76. The van der Waals surface area contributed by atoms with Crippen LogP contribution in [-0.4, -0.2) is 41.7 Å². The fourth-order valence-electron chi connectivity index (χ4n) is 2.69. The first-order valence-corrected chi connectivity index (χ1v) is 7.89. The third-order valence-electron chi connectivity index (χ3n) is 3.69. The van der Waals surface area contributed by atoms with Gasteiger partial charge in [0.05, 0.1) is 12.2 Å². The molecule has 2 N–H and O–H groups in total. The molecular weight excluding hydrogens is 320 g/mol. The molecule has 1 aromatic rings. The van der Waals surface area contributed by atoms with Crippen LogP contribution in [0.3, 0.4) is 0 Å². The number of halogens is 1. The van der Waals surface area contributed by atoms with Gasteiger partial charge in [0.15, 0.2) is 0 Å². The van der Waals surface area contributed by atoms with E-state index in [0.29, 0.717) is 12.6 Å². The van der Waals surface area contributed by atoms with Crippen LogP contribution in [-0.2, 0) is 4.79 Å². The molecule has 1 saturated heterocycles. The van der Waals surface area contributed by atoms with Crippen LogP contribution in [0.1, 0.15) is 25.7 Å². The highest BCUT2D eigenvalue weighted by Gasteiger charge is 2.25. The number of nitrogens with one attached hydrogen (secondary N) is 1. The molecule has 1 fully saturated rings. The van der Waals surface area contributed by atoms with Crippen molar-refractivity contribution in [3.05, 3.63) is 28.7 Å². The van der Waals surface area contributed by atoms with Crippen LogP contribution in [0.2, 0.25) is 0 Å². The summed E-state index contributed by atoms with van der Waals surface area (Å²) in [6.45, 7) is 1.63. The molecule has 0 spiro atoms.